The third-order valence-corrected chi connectivity index (χ3v) is 4.87. The van der Waals surface area contributed by atoms with Crippen LogP contribution in [0.5, 0.6) is 0 Å². The van der Waals surface area contributed by atoms with E-state index in [1.807, 2.05) is 29.2 Å². The maximum Gasteiger partial charge on any atom is 0.321 e. The van der Waals surface area contributed by atoms with Crippen molar-refractivity contribution in [3.8, 4) is 0 Å². The van der Waals surface area contributed by atoms with Crippen LogP contribution in [0.1, 0.15) is 35.2 Å². The fourth-order valence-corrected chi connectivity index (χ4v) is 3.31. The number of nitrogens with two attached hydrogens (primary N) is 1. The van der Waals surface area contributed by atoms with E-state index in [2.05, 4.69) is 10.3 Å². The fourth-order valence-electron chi connectivity index (χ4n) is 3.31. The molecule has 3 rings (SSSR count). The molecule has 1 aliphatic rings. The predicted octanol–water partition coefficient (Wildman–Crippen LogP) is 3.06. The van der Waals surface area contributed by atoms with Crippen molar-refractivity contribution in [2.75, 3.05) is 18.4 Å². The molecule has 2 aromatic rings. The van der Waals surface area contributed by atoms with Gasteiger partial charge in [-0.25, -0.2) is 4.79 Å². The van der Waals surface area contributed by atoms with Crippen molar-refractivity contribution in [3.63, 3.8) is 0 Å². The first-order valence-corrected chi connectivity index (χ1v) is 8.96. The number of likely N-dealkylation sites (tertiary alicyclic amines) is 1. The second kappa shape index (κ2) is 8.47. The van der Waals surface area contributed by atoms with Crippen molar-refractivity contribution in [1.29, 1.82) is 0 Å². The van der Waals surface area contributed by atoms with E-state index >= 15 is 0 Å². The number of aryl methyl sites for hydroxylation is 1. The van der Waals surface area contributed by atoms with Gasteiger partial charge in [-0.2, -0.15) is 0 Å². The summed E-state index contributed by atoms with van der Waals surface area (Å²) in [5.41, 5.74) is 7.75. The van der Waals surface area contributed by atoms with Crippen molar-refractivity contribution in [3.05, 3.63) is 59.9 Å². The zero-order valence-corrected chi connectivity index (χ0v) is 14.7. The van der Waals surface area contributed by atoms with Crippen LogP contribution < -0.4 is 11.1 Å². The number of amides is 3. The Hall–Kier alpha value is -2.89. The lowest BCUT2D eigenvalue weighted by Crippen LogP contribution is -2.41. The summed E-state index contributed by atoms with van der Waals surface area (Å²) in [4.78, 5) is 29.4. The van der Waals surface area contributed by atoms with Crippen molar-refractivity contribution >= 4 is 17.6 Å². The number of benzene rings is 1. The minimum Gasteiger partial charge on any atom is -0.366 e. The summed E-state index contributed by atoms with van der Waals surface area (Å²) in [6, 6.07) is 11.1. The lowest BCUT2D eigenvalue weighted by molar-refractivity contribution is 0.1000. The Labute approximate surface area is 153 Å². The van der Waals surface area contributed by atoms with E-state index in [9.17, 15) is 9.59 Å². The Bertz CT molecular complexity index is 755. The quantitative estimate of drug-likeness (QED) is 0.867. The van der Waals surface area contributed by atoms with Crippen LogP contribution in [0, 0.1) is 5.92 Å². The lowest BCUT2D eigenvalue weighted by Gasteiger charge is -2.32. The van der Waals surface area contributed by atoms with E-state index in [0.29, 0.717) is 17.2 Å². The van der Waals surface area contributed by atoms with Gasteiger partial charge in [-0.05, 0) is 61.4 Å². The van der Waals surface area contributed by atoms with Gasteiger partial charge >= 0.3 is 6.03 Å². The largest absolute Gasteiger partial charge is 0.366 e. The molecular formula is C20H24N4O2. The normalized spacial score (nSPS) is 14.8. The molecule has 3 N–H and O–H groups in total. The molecule has 0 atom stereocenters. The van der Waals surface area contributed by atoms with Gasteiger partial charge in [-0.3, -0.25) is 9.78 Å². The van der Waals surface area contributed by atoms with Crippen LogP contribution in [-0.2, 0) is 6.42 Å². The van der Waals surface area contributed by atoms with Crippen LogP contribution >= 0.6 is 0 Å². The highest BCUT2D eigenvalue weighted by atomic mass is 16.2. The highest BCUT2D eigenvalue weighted by Gasteiger charge is 2.22. The van der Waals surface area contributed by atoms with Gasteiger partial charge in [0.25, 0.3) is 0 Å². The average molecular weight is 352 g/mol. The average Bonchev–Trinajstić information content (AvgIpc) is 2.68. The van der Waals surface area contributed by atoms with Gasteiger partial charge in [0.15, 0.2) is 0 Å². The Morgan fingerprint density at radius 1 is 1.19 bits per heavy atom. The first-order chi connectivity index (χ1) is 12.6. The molecule has 0 spiro atoms. The fraction of sp³-hybridized carbons (Fsp3) is 0.350. The highest BCUT2D eigenvalue weighted by molar-refractivity contribution is 5.92. The smallest absolute Gasteiger partial charge is 0.321 e. The molecule has 1 aliphatic heterocycles. The molecule has 1 aromatic heterocycles. The number of primary amides is 1. The summed E-state index contributed by atoms with van der Waals surface area (Å²) in [5, 5.41) is 2.88. The number of carbonyl (C=O) groups excluding carboxylic acids is 2. The van der Waals surface area contributed by atoms with Gasteiger partial charge < -0.3 is 16.0 Å². The van der Waals surface area contributed by atoms with Gasteiger partial charge in [0.2, 0.25) is 5.91 Å². The molecule has 1 aromatic carbocycles. The summed E-state index contributed by atoms with van der Waals surface area (Å²) >= 11 is 0. The van der Waals surface area contributed by atoms with E-state index in [4.69, 9.17) is 5.73 Å². The second-order valence-electron chi connectivity index (χ2n) is 6.71. The maximum absolute atomic E-state index is 12.3. The van der Waals surface area contributed by atoms with Crippen molar-refractivity contribution in [1.82, 2.24) is 9.88 Å². The van der Waals surface area contributed by atoms with E-state index in [-0.39, 0.29) is 11.9 Å². The minimum atomic E-state index is -0.389. The summed E-state index contributed by atoms with van der Waals surface area (Å²) in [5.74, 6) is 0.203. The molecule has 6 nitrogen and oxygen atoms in total. The number of urea groups is 1. The number of piperidine rings is 1. The number of carbonyl (C=O) groups is 2. The van der Waals surface area contributed by atoms with E-state index in [1.165, 1.54) is 0 Å². The monoisotopic (exact) mass is 352 g/mol. The standard InChI is InChI=1S/C20H24N4O2/c21-19(25)17-4-1-3-16(13-17)7-6-15-8-11-24(12-9-15)20(26)23-18-5-2-10-22-14-18/h1-5,10,13-15H,6-9,11-12H2,(H2,21,25)(H,23,26). The molecule has 136 valence electrons. The third-order valence-electron chi connectivity index (χ3n) is 4.87. The summed E-state index contributed by atoms with van der Waals surface area (Å²) in [6.45, 7) is 1.52. The number of nitrogens with one attached hydrogen (secondary N) is 1. The highest BCUT2D eigenvalue weighted by Crippen LogP contribution is 2.23. The summed E-state index contributed by atoms with van der Waals surface area (Å²) < 4.78 is 0. The number of aromatic nitrogens is 1. The Kier molecular flexibility index (Phi) is 5.84. The van der Waals surface area contributed by atoms with Gasteiger partial charge in [-0.1, -0.05) is 12.1 Å². The molecule has 0 unspecified atom stereocenters. The number of anilines is 1. The number of rotatable bonds is 5. The van der Waals surface area contributed by atoms with E-state index in [1.54, 1.807) is 24.5 Å². The van der Waals surface area contributed by atoms with Crippen LogP contribution in [0.4, 0.5) is 10.5 Å². The van der Waals surface area contributed by atoms with Crippen LogP contribution in [0.25, 0.3) is 0 Å². The minimum absolute atomic E-state index is 0.0643. The second-order valence-corrected chi connectivity index (χ2v) is 6.71. The Balaban J connectivity index is 1.44. The van der Waals surface area contributed by atoms with Gasteiger partial charge in [0.05, 0.1) is 11.9 Å². The number of pyridine rings is 1. The molecule has 1 fully saturated rings. The number of hydrogen-bond acceptors (Lipinski definition) is 3. The Morgan fingerprint density at radius 3 is 2.69 bits per heavy atom. The molecule has 0 radical (unpaired) electrons. The molecule has 0 bridgehead atoms. The van der Waals surface area contributed by atoms with Crippen LogP contribution in [0.3, 0.4) is 0 Å². The number of hydrogen-bond donors (Lipinski definition) is 2. The molecule has 0 aliphatic carbocycles. The topological polar surface area (TPSA) is 88.3 Å². The van der Waals surface area contributed by atoms with Crippen molar-refractivity contribution in [2.45, 2.75) is 25.7 Å². The van der Waals surface area contributed by atoms with Crippen molar-refractivity contribution in [2.24, 2.45) is 11.7 Å². The maximum atomic E-state index is 12.3. The predicted molar refractivity (Wildman–Crippen MR) is 101 cm³/mol. The summed E-state index contributed by atoms with van der Waals surface area (Å²) in [6.07, 6.45) is 7.30. The molecule has 2 heterocycles. The zero-order chi connectivity index (χ0) is 18.4. The molecular weight excluding hydrogens is 328 g/mol. The Morgan fingerprint density at radius 2 is 2.00 bits per heavy atom. The molecule has 1 saturated heterocycles. The summed E-state index contributed by atoms with van der Waals surface area (Å²) in [7, 11) is 0. The first-order valence-electron chi connectivity index (χ1n) is 8.96. The molecule has 0 saturated carbocycles. The molecule has 3 amide bonds. The van der Waals surface area contributed by atoms with E-state index in [0.717, 1.165) is 44.3 Å². The molecule has 6 heteroatoms. The molecule has 26 heavy (non-hydrogen) atoms. The van der Waals surface area contributed by atoms with Gasteiger partial charge in [0, 0.05) is 24.8 Å². The van der Waals surface area contributed by atoms with Gasteiger partial charge in [-0.15, -0.1) is 0 Å². The SMILES string of the molecule is NC(=O)c1cccc(CCC2CCN(C(=O)Nc3cccnc3)CC2)c1. The first kappa shape index (κ1) is 17.9. The zero-order valence-electron chi connectivity index (χ0n) is 14.7. The number of nitrogens with zero attached hydrogens (tertiary/aromatic N) is 2. The van der Waals surface area contributed by atoms with E-state index < -0.39 is 0 Å². The lowest BCUT2D eigenvalue weighted by atomic mass is 9.90. The third kappa shape index (κ3) is 4.81. The van der Waals surface area contributed by atoms with Crippen LogP contribution in [0.15, 0.2) is 48.8 Å². The van der Waals surface area contributed by atoms with Crippen LogP contribution in [-0.4, -0.2) is 34.9 Å². The van der Waals surface area contributed by atoms with Gasteiger partial charge in [0.1, 0.15) is 0 Å². The van der Waals surface area contributed by atoms with Crippen molar-refractivity contribution < 1.29 is 9.59 Å². The van der Waals surface area contributed by atoms with Crippen LogP contribution in [0.2, 0.25) is 0 Å².